The van der Waals surface area contributed by atoms with E-state index in [0.29, 0.717) is 15.6 Å². The molecule has 0 bridgehead atoms. The van der Waals surface area contributed by atoms with Crippen LogP contribution in [0.2, 0.25) is 10.0 Å². The molecule has 2 aliphatic heterocycles. The molecule has 5 rings (SSSR count). The molecule has 2 aromatic heterocycles. The normalized spacial score (nSPS) is 20.9. The zero-order chi connectivity index (χ0) is 23.4. The number of carbonyl (C=O) groups is 1. The molecule has 0 spiro atoms. The summed E-state index contributed by atoms with van der Waals surface area (Å²) in [4.78, 5) is 22.1. The van der Waals surface area contributed by atoms with Gasteiger partial charge < -0.3 is 10.2 Å². The number of pyridine rings is 1. The van der Waals surface area contributed by atoms with Crippen LogP contribution in [-0.4, -0.2) is 40.3 Å². The average Bonchev–Trinajstić information content (AvgIpc) is 3.37. The largest absolute Gasteiger partial charge is 0.435 e. The van der Waals surface area contributed by atoms with Crippen LogP contribution in [0.4, 0.5) is 13.2 Å². The van der Waals surface area contributed by atoms with E-state index in [1.165, 1.54) is 35.7 Å². The van der Waals surface area contributed by atoms with Gasteiger partial charge in [-0.3, -0.25) is 9.78 Å². The summed E-state index contributed by atoms with van der Waals surface area (Å²) >= 11 is 15.0. The Labute approximate surface area is 204 Å². The number of halogens is 5. The first-order valence-corrected chi connectivity index (χ1v) is 12.5. The second-order valence-corrected chi connectivity index (χ2v) is 10.5. The number of rotatable bonds is 4. The maximum atomic E-state index is 14.3. The number of hydrogen-bond acceptors (Lipinski definition) is 6. The van der Waals surface area contributed by atoms with Crippen molar-refractivity contribution in [3.8, 4) is 0 Å². The summed E-state index contributed by atoms with van der Waals surface area (Å²) in [6, 6.07) is 5.50. The Morgan fingerprint density at radius 1 is 1.21 bits per heavy atom. The summed E-state index contributed by atoms with van der Waals surface area (Å²) in [5.41, 5.74) is -2.36. The minimum Gasteiger partial charge on any atom is -0.374 e. The van der Waals surface area contributed by atoms with Gasteiger partial charge in [0.05, 0.1) is 22.4 Å². The Balaban J connectivity index is 1.51. The Hall–Kier alpha value is -2.01. The second-order valence-electron chi connectivity index (χ2n) is 7.68. The average molecular weight is 532 g/mol. The van der Waals surface area contributed by atoms with E-state index in [1.807, 2.05) is 0 Å². The van der Waals surface area contributed by atoms with Gasteiger partial charge in [-0.2, -0.15) is 24.9 Å². The third-order valence-electron chi connectivity index (χ3n) is 5.49. The molecular formula is C21H14Cl2F3N3O2S2. The molecule has 172 valence electrons. The van der Waals surface area contributed by atoms with Gasteiger partial charge in [0.2, 0.25) is 0 Å². The van der Waals surface area contributed by atoms with Gasteiger partial charge in [0.25, 0.3) is 11.5 Å². The summed E-state index contributed by atoms with van der Waals surface area (Å²) < 4.78 is 43.5. The first kappa shape index (κ1) is 22.8. The minimum absolute atomic E-state index is 0.0224. The molecule has 1 unspecified atom stereocenters. The maximum Gasteiger partial charge on any atom is 0.435 e. The van der Waals surface area contributed by atoms with Crippen molar-refractivity contribution in [3.63, 3.8) is 0 Å². The fourth-order valence-corrected chi connectivity index (χ4v) is 5.82. The molecular weight excluding hydrogens is 518 g/mol. The molecule has 0 saturated carbocycles. The molecule has 0 radical (unpaired) electrons. The van der Waals surface area contributed by atoms with E-state index in [0.717, 1.165) is 11.5 Å². The van der Waals surface area contributed by atoms with Gasteiger partial charge in [-0.25, -0.2) is 0 Å². The van der Waals surface area contributed by atoms with Crippen LogP contribution in [0.3, 0.4) is 0 Å². The molecule has 1 aromatic carbocycles. The fraction of sp³-hybridized carbons (Fsp3) is 0.286. The molecule has 1 amide bonds. The van der Waals surface area contributed by atoms with Crippen molar-refractivity contribution in [2.24, 2.45) is 5.16 Å². The number of nitrogens with one attached hydrogen (secondary N) is 1. The smallest absolute Gasteiger partial charge is 0.374 e. The third kappa shape index (κ3) is 3.96. The Morgan fingerprint density at radius 3 is 2.58 bits per heavy atom. The molecule has 3 aromatic rings. The monoisotopic (exact) mass is 531 g/mol. The van der Waals surface area contributed by atoms with Gasteiger partial charge >= 0.3 is 6.18 Å². The topological polar surface area (TPSA) is 63.6 Å². The van der Waals surface area contributed by atoms with Gasteiger partial charge in [0.1, 0.15) is 5.71 Å². The lowest BCUT2D eigenvalue weighted by Gasteiger charge is -2.29. The van der Waals surface area contributed by atoms with Crippen LogP contribution in [0, 0.1) is 0 Å². The third-order valence-corrected chi connectivity index (χ3v) is 8.15. The maximum absolute atomic E-state index is 14.3. The number of oxime groups is 1. The Bertz CT molecular complexity index is 1270. The number of fused-ring (bicyclic) bond motifs is 1. The predicted molar refractivity (Wildman–Crippen MR) is 125 cm³/mol. The highest BCUT2D eigenvalue weighted by atomic mass is 35.5. The van der Waals surface area contributed by atoms with Crippen molar-refractivity contribution < 1.29 is 22.8 Å². The summed E-state index contributed by atoms with van der Waals surface area (Å²) in [6.07, 6.45) is -4.04. The lowest BCUT2D eigenvalue weighted by atomic mass is 9.87. The lowest BCUT2D eigenvalue weighted by Crippen LogP contribution is -2.43. The quantitative estimate of drug-likeness (QED) is 0.446. The highest BCUT2D eigenvalue weighted by molar-refractivity contribution is 8.00. The molecule has 1 N–H and O–H groups in total. The van der Waals surface area contributed by atoms with Crippen LogP contribution in [0.15, 0.2) is 41.0 Å². The number of thiophene rings is 1. The van der Waals surface area contributed by atoms with E-state index in [1.54, 1.807) is 23.2 Å². The van der Waals surface area contributed by atoms with E-state index in [-0.39, 0.29) is 39.0 Å². The second kappa shape index (κ2) is 8.33. The number of thioether (sulfide) groups is 1. The minimum atomic E-state index is -4.80. The number of nitrogens with zero attached hydrogens (tertiary/aromatic N) is 2. The van der Waals surface area contributed by atoms with E-state index in [4.69, 9.17) is 28.0 Å². The fourth-order valence-electron chi connectivity index (χ4n) is 3.75. The molecule has 1 saturated heterocycles. The number of amides is 1. The van der Waals surface area contributed by atoms with E-state index >= 15 is 0 Å². The van der Waals surface area contributed by atoms with E-state index in [2.05, 4.69) is 15.5 Å². The van der Waals surface area contributed by atoms with Crippen LogP contribution >= 0.6 is 46.3 Å². The summed E-state index contributed by atoms with van der Waals surface area (Å²) in [7, 11) is 0. The zero-order valence-electron chi connectivity index (χ0n) is 16.6. The summed E-state index contributed by atoms with van der Waals surface area (Å²) in [5, 5.41) is 9.14. The number of alkyl halides is 3. The SMILES string of the molecule is O=C(NC1CSC1)c1cnc(C2=NOC(c3cc(Cl)cc(Cl)c3)(C(F)(F)F)C2)c2ccsc12. The Morgan fingerprint density at radius 2 is 1.94 bits per heavy atom. The molecule has 1 fully saturated rings. The van der Waals surface area contributed by atoms with Crippen LogP contribution < -0.4 is 5.32 Å². The first-order valence-electron chi connectivity index (χ1n) is 9.71. The van der Waals surface area contributed by atoms with Crippen molar-refractivity contribution in [1.82, 2.24) is 10.3 Å². The summed E-state index contributed by atoms with van der Waals surface area (Å²) in [5.74, 6) is 1.45. The molecule has 5 nitrogen and oxygen atoms in total. The van der Waals surface area contributed by atoms with Crippen molar-refractivity contribution in [1.29, 1.82) is 0 Å². The molecule has 2 aliphatic rings. The van der Waals surface area contributed by atoms with Crippen LogP contribution in [0.25, 0.3) is 10.1 Å². The molecule has 1 atom stereocenters. The highest BCUT2D eigenvalue weighted by Crippen LogP contribution is 2.50. The predicted octanol–water partition coefficient (Wildman–Crippen LogP) is 6.03. The van der Waals surface area contributed by atoms with Crippen molar-refractivity contribution >= 4 is 68.0 Å². The van der Waals surface area contributed by atoms with Crippen LogP contribution in [-0.2, 0) is 10.4 Å². The van der Waals surface area contributed by atoms with Crippen LogP contribution in [0.1, 0.15) is 28.0 Å². The number of carbonyl (C=O) groups excluding carboxylic acids is 1. The van der Waals surface area contributed by atoms with Gasteiger partial charge in [0.15, 0.2) is 0 Å². The number of benzene rings is 1. The highest BCUT2D eigenvalue weighted by Gasteiger charge is 2.62. The summed E-state index contributed by atoms with van der Waals surface area (Å²) in [6.45, 7) is 0. The Kier molecular flexibility index (Phi) is 5.75. The molecule has 12 heteroatoms. The van der Waals surface area contributed by atoms with Crippen LogP contribution in [0.5, 0.6) is 0 Å². The van der Waals surface area contributed by atoms with Crippen molar-refractivity contribution in [2.75, 3.05) is 11.5 Å². The van der Waals surface area contributed by atoms with Gasteiger partial charge in [-0.15, -0.1) is 11.3 Å². The van der Waals surface area contributed by atoms with Gasteiger partial charge in [-0.1, -0.05) is 28.4 Å². The molecule has 33 heavy (non-hydrogen) atoms. The molecule has 0 aliphatic carbocycles. The van der Waals surface area contributed by atoms with E-state index in [9.17, 15) is 18.0 Å². The molecule has 4 heterocycles. The lowest BCUT2D eigenvalue weighted by molar-refractivity contribution is -0.275. The standard InChI is InChI=1S/C21H14Cl2F3N3O2S2/c22-11-3-10(4-12(23)5-11)20(21(24,25)26)6-16(29-31-20)17-14-1-2-33-18(14)15(7-27-17)19(30)28-13-8-32-9-13/h1-5,7,13H,6,8-9H2,(H,28,30). The van der Waals surface area contributed by atoms with Crippen molar-refractivity contribution in [3.05, 3.63) is 62.7 Å². The van der Waals surface area contributed by atoms with E-state index < -0.39 is 18.2 Å². The number of hydrogen-bond donors (Lipinski definition) is 1. The van der Waals surface area contributed by atoms with Gasteiger partial charge in [0, 0.05) is 44.7 Å². The first-order chi connectivity index (χ1) is 15.7. The number of aromatic nitrogens is 1. The zero-order valence-corrected chi connectivity index (χ0v) is 19.7. The van der Waals surface area contributed by atoms with Crippen molar-refractivity contribution in [2.45, 2.75) is 24.2 Å². The van der Waals surface area contributed by atoms with Gasteiger partial charge in [-0.05, 0) is 29.6 Å².